The van der Waals surface area contributed by atoms with Crippen molar-refractivity contribution < 1.29 is 23.8 Å². The summed E-state index contributed by atoms with van der Waals surface area (Å²) in [6, 6.07) is 20.2. The molecule has 0 saturated carbocycles. The number of benzene rings is 3. The lowest BCUT2D eigenvalue weighted by molar-refractivity contribution is -0.151. The fourth-order valence-electron chi connectivity index (χ4n) is 4.73. The fourth-order valence-corrected chi connectivity index (χ4v) is 4.73. The molecule has 1 unspecified atom stereocenters. The fraction of sp³-hybridized carbons (Fsp3) is 0.286. The van der Waals surface area contributed by atoms with Gasteiger partial charge in [-0.3, -0.25) is 4.79 Å². The van der Waals surface area contributed by atoms with Crippen LogP contribution >= 0.6 is 0 Å². The molecular weight excluding hydrogens is 430 g/mol. The van der Waals surface area contributed by atoms with E-state index in [9.17, 15) is 9.59 Å². The van der Waals surface area contributed by atoms with Gasteiger partial charge in [0.25, 0.3) is 0 Å². The molecule has 0 fully saturated rings. The minimum Gasteiger partial charge on any atom is -0.497 e. The summed E-state index contributed by atoms with van der Waals surface area (Å²) in [7, 11) is 4.65. The molecule has 1 aliphatic rings. The highest BCUT2D eigenvalue weighted by Crippen LogP contribution is 2.40. The smallest absolute Gasteiger partial charge is 0.331 e. The zero-order valence-electron chi connectivity index (χ0n) is 19.9. The van der Waals surface area contributed by atoms with Crippen LogP contribution in [0.25, 0.3) is 22.3 Å². The molecule has 0 saturated heterocycles. The van der Waals surface area contributed by atoms with Gasteiger partial charge in [0.15, 0.2) is 0 Å². The Morgan fingerprint density at radius 3 is 1.74 bits per heavy atom. The van der Waals surface area contributed by atoms with E-state index >= 15 is 0 Å². The van der Waals surface area contributed by atoms with Crippen molar-refractivity contribution in [2.75, 3.05) is 21.3 Å². The first kappa shape index (κ1) is 23.4. The summed E-state index contributed by atoms with van der Waals surface area (Å²) in [6.07, 6.45) is 1.51. The highest BCUT2D eigenvalue weighted by atomic mass is 16.5. The lowest BCUT2D eigenvalue weighted by Crippen LogP contribution is -2.57. The molecule has 176 valence electrons. The maximum atomic E-state index is 12.7. The Kier molecular flexibility index (Phi) is 6.59. The minimum absolute atomic E-state index is 0.251. The van der Waals surface area contributed by atoms with E-state index in [1.165, 1.54) is 14.0 Å². The normalized spacial score (nSPS) is 16.8. The largest absolute Gasteiger partial charge is 0.497 e. The van der Waals surface area contributed by atoms with E-state index in [1.54, 1.807) is 14.2 Å². The number of aryl methyl sites for hydroxylation is 1. The molecule has 4 rings (SSSR count). The zero-order valence-corrected chi connectivity index (χ0v) is 19.9. The summed E-state index contributed by atoms with van der Waals surface area (Å²) in [6.45, 7) is 1.43. The van der Waals surface area contributed by atoms with Crippen LogP contribution in [0.3, 0.4) is 0 Å². The molecule has 1 N–H and O–H groups in total. The number of esters is 1. The van der Waals surface area contributed by atoms with Crippen LogP contribution in [-0.4, -0.2) is 38.7 Å². The number of hydrogen-bond acceptors (Lipinski definition) is 5. The third-order valence-corrected chi connectivity index (χ3v) is 6.45. The van der Waals surface area contributed by atoms with Crippen LogP contribution in [0.4, 0.5) is 0 Å². The summed E-state index contributed by atoms with van der Waals surface area (Å²) in [5, 5.41) is 2.88. The van der Waals surface area contributed by atoms with Crippen molar-refractivity contribution in [3.8, 4) is 33.8 Å². The van der Waals surface area contributed by atoms with Crippen molar-refractivity contribution in [3.05, 3.63) is 71.8 Å². The van der Waals surface area contributed by atoms with E-state index < -0.39 is 11.5 Å². The third-order valence-electron chi connectivity index (χ3n) is 6.45. The number of amides is 1. The van der Waals surface area contributed by atoms with Crippen LogP contribution in [0.2, 0.25) is 0 Å². The quantitative estimate of drug-likeness (QED) is 0.547. The SMILES string of the molecule is COC(=O)C1(NC(C)=O)CCc2cc(-c3ccc(OC)cc3)c(-c3ccc(OC)cc3)cc2C1. The summed E-state index contributed by atoms with van der Waals surface area (Å²) < 4.78 is 15.7. The van der Waals surface area contributed by atoms with E-state index in [-0.39, 0.29) is 5.91 Å². The van der Waals surface area contributed by atoms with Crippen LogP contribution in [0.15, 0.2) is 60.7 Å². The van der Waals surface area contributed by atoms with Crippen LogP contribution in [0.1, 0.15) is 24.5 Å². The van der Waals surface area contributed by atoms with Crippen LogP contribution in [-0.2, 0) is 27.2 Å². The van der Waals surface area contributed by atoms with E-state index in [4.69, 9.17) is 14.2 Å². The van der Waals surface area contributed by atoms with Crippen LogP contribution in [0, 0.1) is 0 Å². The molecule has 1 atom stereocenters. The van der Waals surface area contributed by atoms with Crippen molar-refractivity contribution >= 4 is 11.9 Å². The average molecular weight is 460 g/mol. The first-order chi connectivity index (χ1) is 16.4. The molecule has 0 aromatic heterocycles. The topological polar surface area (TPSA) is 73.9 Å². The molecule has 6 nitrogen and oxygen atoms in total. The van der Waals surface area contributed by atoms with Gasteiger partial charge >= 0.3 is 5.97 Å². The van der Waals surface area contributed by atoms with Crippen molar-refractivity contribution in [2.45, 2.75) is 31.7 Å². The van der Waals surface area contributed by atoms with E-state index in [0.717, 1.165) is 44.9 Å². The number of fused-ring (bicyclic) bond motifs is 1. The van der Waals surface area contributed by atoms with Crippen molar-refractivity contribution in [1.82, 2.24) is 5.32 Å². The molecule has 0 radical (unpaired) electrons. The second-order valence-corrected chi connectivity index (χ2v) is 8.56. The van der Waals surface area contributed by atoms with Gasteiger partial charge < -0.3 is 19.5 Å². The Morgan fingerprint density at radius 2 is 1.29 bits per heavy atom. The lowest BCUT2D eigenvalue weighted by Gasteiger charge is -2.36. The van der Waals surface area contributed by atoms with Crippen molar-refractivity contribution in [3.63, 3.8) is 0 Å². The number of carbonyl (C=O) groups excluding carboxylic acids is 2. The molecule has 0 bridgehead atoms. The Morgan fingerprint density at radius 1 is 0.794 bits per heavy atom. The van der Waals surface area contributed by atoms with Crippen molar-refractivity contribution in [2.24, 2.45) is 0 Å². The lowest BCUT2D eigenvalue weighted by atomic mass is 9.75. The highest BCUT2D eigenvalue weighted by Gasteiger charge is 2.43. The van der Waals surface area contributed by atoms with Gasteiger partial charge in [0.2, 0.25) is 5.91 Å². The van der Waals surface area contributed by atoms with E-state index in [1.807, 2.05) is 48.5 Å². The van der Waals surface area contributed by atoms with Gasteiger partial charge in [-0.2, -0.15) is 0 Å². The number of hydrogen-bond donors (Lipinski definition) is 1. The van der Waals surface area contributed by atoms with Gasteiger partial charge in [-0.1, -0.05) is 36.4 Å². The molecule has 0 spiro atoms. The molecule has 3 aromatic rings. The molecule has 3 aromatic carbocycles. The Labute approximate surface area is 199 Å². The van der Waals surface area contributed by atoms with Gasteiger partial charge in [0, 0.05) is 13.3 Å². The molecule has 6 heteroatoms. The molecule has 0 aliphatic heterocycles. The average Bonchev–Trinajstić information content (AvgIpc) is 2.87. The zero-order chi connectivity index (χ0) is 24.3. The maximum Gasteiger partial charge on any atom is 0.331 e. The summed E-state index contributed by atoms with van der Waals surface area (Å²) in [5.41, 5.74) is 5.35. The third kappa shape index (κ3) is 4.49. The molecule has 34 heavy (non-hydrogen) atoms. The highest BCUT2D eigenvalue weighted by molar-refractivity contribution is 5.89. The van der Waals surface area contributed by atoms with Gasteiger partial charge in [-0.05, 0) is 70.5 Å². The van der Waals surface area contributed by atoms with Crippen LogP contribution < -0.4 is 14.8 Å². The number of rotatable bonds is 6. The van der Waals surface area contributed by atoms with Gasteiger partial charge in [0.1, 0.15) is 17.0 Å². The monoisotopic (exact) mass is 459 g/mol. The number of methoxy groups -OCH3 is 3. The Balaban J connectivity index is 1.85. The number of ether oxygens (including phenoxy) is 3. The van der Waals surface area contributed by atoms with E-state index in [2.05, 4.69) is 17.4 Å². The standard InChI is InChI=1S/C28H29NO5/c1-18(30)29-28(27(31)34-4)14-13-21-15-25(19-5-9-23(32-2)10-6-19)26(16-22(21)17-28)20-7-11-24(33-3)12-8-20/h5-12,15-16H,13-14,17H2,1-4H3,(H,29,30). The van der Waals surface area contributed by atoms with Gasteiger partial charge in [-0.25, -0.2) is 4.79 Å². The molecule has 1 aliphatic carbocycles. The first-order valence-corrected chi connectivity index (χ1v) is 11.2. The summed E-state index contributed by atoms with van der Waals surface area (Å²) in [4.78, 5) is 24.7. The summed E-state index contributed by atoms with van der Waals surface area (Å²) >= 11 is 0. The minimum atomic E-state index is -1.06. The Bertz CT molecular complexity index is 1200. The Hall–Kier alpha value is -3.80. The molecule has 1 amide bonds. The number of carbonyl (C=O) groups is 2. The van der Waals surface area contributed by atoms with Gasteiger partial charge in [-0.15, -0.1) is 0 Å². The predicted octanol–water partition coefficient (Wildman–Crippen LogP) is 4.57. The van der Waals surface area contributed by atoms with Gasteiger partial charge in [0.05, 0.1) is 21.3 Å². The summed E-state index contributed by atoms with van der Waals surface area (Å²) in [5.74, 6) is 0.909. The molecular formula is C28H29NO5. The first-order valence-electron chi connectivity index (χ1n) is 11.2. The van der Waals surface area contributed by atoms with Crippen molar-refractivity contribution in [1.29, 1.82) is 0 Å². The molecule has 0 heterocycles. The van der Waals surface area contributed by atoms with E-state index in [0.29, 0.717) is 19.3 Å². The predicted molar refractivity (Wildman–Crippen MR) is 131 cm³/mol. The maximum absolute atomic E-state index is 12.7. The second-order valence-electron chi connectivity index (χ2n) is 8.56. The second kappa shape index (κ2) is 9.59. The van der Waals surface area contributed by atoms with Crippen LogP contribution in [0.5, 0.6) is 11.5 Å². The number of nitrogens with one attached hydrogen (secondary N) is 1.